The molecule has 1 heterocycles. The normalized spacial score (nSPS) is 18.2. The number of hydrogen-bond donors (Lipinski definition) is 2. The molecule has 2 rings (SSSR count). The Hall–Kier alpha value is -2.55. The summed E-state index contributed by atoms with van der Waals surface area (Å²) in [4.78, 5) is 48.1. The van der Waals surface area contributed by atoms with Crippen LogP contribution in [-0.2, 0) is 19.2 Å². The van der Waals surface area contributed by atoms with E-state index in [0.29, 0.717) is 11.4 Å². The van der Waals surface area contributed by atoms with Crippen LogP contribution >= 0.6 is 11.8 Å². The highest BCUT2D eigenvalue weighted by Gasteiger charge is 2.41. The molecular formula is C16H18N2O6S. The quantitative estimate of drug-likeness (QED) is 0.681. The van der Waals surface area contributed by atoms with Gasteiger partial charge in [0.25, 0.3) is 0 Å². The molecule has 1 aromatic carbocycles. The number of nitrogens with zero attached hydrogens (tertiary/aromatic N) is 1. The molecule has 25 heavy (non-hydrogen) atoms. The van der Waals surface area contributed by atoms with E-state index in [1.165, 1.54) is 14.0 Å². The number of carbonyl (C=O) groups excluding carboxylic acids is 3. The SMILES string of the molecule is COc1ccccc1N1C(=O)CC(SCC(NC(C)=O)C(=O)O)C1=O. The van der Waals surface area contributed by atoms with E-state index in [0.717, 1.165) is 16.7 Å². The van der Waals surface area contributed by atoms with Gasteiger partial charge in [0, 0.05) is 19.1 Å². The van der Waals surface area contributed by atoms with Crippen molar-refractivity contribution in [1.82, 2.24) is 5.32 Å². The number of thioether (sulfide) groups is 1. The molecule has 1 saturated heterocycles. The van der Waals surface area contributed by atoms with Gasteiger partial charge in [-0.05, 0) is 12.1 Å². The van der Waals surface area contributed by atoms with Crippen LogP contribution in [0.1, 0.15) is 13.3 Å². The fraction of sp³-hybridized carbons (Fsp3) is 0.375. The van der Waals surface area contributed by atoms with Crippen molar-refractivity contribution in [3.63, 3.8) is 0 Å². The Balaban J connectivity index is 2.10. The number of rotatable bonds is 7. The van der Waals surface area contributed by atoms with Crippen molar-refractivity contribution >= 4 is 41.1 Å². The number of imide groups is 1. The fourth-order valence-electron chi connectivity index (χ4n) is 2.43. The highest BCUT2D eigenvalue weighted by atomic mass is 32.2. The van der Waals surface area contributed by atoms with Gasteiger partial charge in [-0.1, -0.05) is 12.1 Å². The third-order valence-electron chi connectivity index (χ3n) is 3.57. The molecule has 0 aliphatic carbocycles. The summed E-state index contributed by atoms with van der Waals surface area (Å²) in [7, 11) is 1.45. The molecule has 8 nitrogen and oxygen atoms in total. The molecule has 1 aliphatic heterocycles. The second-order valence-electron chi connectivity index (χ2n) is 5.36. The summed E-state index contributed by atoms with van der Waals surface area (Å²) in [6.07, 6.45) is -0.0338. The van der Waals surface area contributed by atoms with Crippen LogP contribution in [0.25, 0.3) is 0 Å². The number of amides is 3. The Bertz CT molecular complexity index is 708. The van der Waals surface area contributed by atoms with E-state index in [1.54, 1.807) is 24.3 Å². The minimum Gasteiger partial charge on any atom is -0.495 e. The fourth-order valence-corrected chi connectivity index (χ4v) is 3.59. The number of carboxylic acid groups (broad SMARTS) is 1. The zero-order valence-corrected chi connectivity index (χ0v) is 14.5. The summed E-state index contributed by atoms with van der Waals surface area (Å²) in [5, 5.41) is 10.7. The minimum atomic E-state index is -1.19. The summed E-state index contributed by atoms with van der Waals surface area (Å²) >= 11 is 1.04. The van der Waals surface area contributed by atoms with E-state index in [4.69, 9.17) is 9.84 Å². The van der Waals surface area contributed by atoms with Gasteiger partial charge in [-0.25, -0.2) is 9.69 Å². The zero-order valence-electron chi connectivity index (χ0n) is 13.7. The zero-order chi connectivity index (χ0) is 18.6. The van der Waals surface area contributed by atoms with Gasteiger partial charge in [-0.2, -0.15) is 0 Å². The number of carbonyl (C=O) groups is 4. The van der Waals surface area contributed by atoms with Crippen molar-refractivity contribution in [3.05, 3.63) is 24.3 Å². The number of carboxylic acids is 1. The maximum Gasteiger partial charge on any atom is 0.327 e. The summed E-state index contributed by atoms with van der Waals surface area (Å²) in [5.74, 6) is -2.09. The van der Waals surface area contributed by atoms with Crippen molar-refractivity contribution in [2.24, 2.45) is 0 Å². The summed E-state index contributed by atoms with van der Waals surface area (Å²) in [5.41, 5.74) is 0.361. The van der Waals surface area contributed by atoms with Crippen molar-refractivity contribution in [2.75, 3.05) is 17.8 Å². The van der Waals surface area contributed by atoms with Crippen molar-refractivity contribution in [3.8, 4) is 5.75 Å². The maximum atomic E-state index is 12.6. The van der Waals surface area contributed by atoms with Crippen LogP contribution in [0, 0.1) is 0 Å². The third kappa shape index (κ3) is 4.30. The molecule has 2 atom stereocenters. The van der Waals surface area contributed by atoms with E-state index in [1.807, 2.05) is 0 Å². The van der Waals surface area contributed by atoms with E-state index in [-0.39, 0.29) is 18.1 Å². The van der Waals surface area contributed by atoms with E-state index in [9.17, 15) is 19.2 Å². The van der Waals surface area contributed by atoms with Crippen LogP contribution in [0.5, 0.6) is 5.75 Å². The molecule has 1 fully saturated rings. The molecule has 1 aromatic rings. The van der Waals surface area contributed by atoms with Crippen molar-refractivity contribution in [1.29, 1.82) is 0 Å². The second-order valence-corrected chi connectivity index (χ2v) is 6.59. The molecule has 2 unspecified atom stereocenters. The monoisotopic (exact) mass is 366 g/mol. The van der Waals surface area contributed by atoms with E-state index >= 15 is 0 Å². The van der Waals surface area contributed by atoms with Gasteiger partial charge in [0.2, 0.25) is 17.7 Å². The highest BCUT2D eigenvalue weighted by Crippen LogP contribution is 2.35. The first-order valence-electron chi connectivity index (χ1n) is 7.46. The Morgan fingerprint density at radius 3 is 2.68 bits per heavy atom. The first kappa shape index (κ1) is 18.8. The number of aliphatic carboxylic acids is 1. The Morgan fingerprint density at radius 1 is 1.40 bits per heavy atom. The molecule has 9 heteroatoms. The van der Waals surface area contributed by atoms with Gasteiger partial charge < -0.3 is 15.2 Å². The molecule has 0 saturated carbocycles. The predicted molar refractivity (Wildman–Crippen MR) is 91.6 cm³/mol. The van der Waals surface area contributed by atoms with Crippen LogP contribution in [0.15, 0.2) is 24.3 Å². The van der Waals surface area contributed by atoms with Crippen LogP contribution in [0.2, 0.25) is 0 Å². The smallest absolute Gasteiger partial charge is 0.327 e. The number of anilines is 1. The van der Waals surface area contributed by atoms with Crippen molar-refractivity contribution in [2.45, 2.75) is 24.6 Å². The standard InChI is InChI=1S/C16H18N2O6S/c1-9(19)17-10(16(22)23)8-25-13-7-14(20)18(15(13)21)11-5-3-4-6-12(11)24-2/h3-6,10,13H,7-8H2,1-2H3,(H,17,19)(H,22,23). The average Bonchev–Trinajstić information content (AvgIpc) is 2.84. The van der Waals surface area contributed by atoms with Gasteiger partial charge in [0.1, 0.15) is 11.8 Å². The second kappa shape index (κ2) is 8.02. The molecule has 1 aliphatic rings. The summed E-state index contributed by atoms with van der Waals surface area (Å²) in [6.45, 7) is 1.22. The maximum absolute atomic E-state index is 12.6. The number of para-hydroxylation sites is 2. The Kier molecular flexibility index (Phi) is 6.02. The van der Waals surface area contributed by atoms with Crippen LogP contribution < -0.4 is 15.0 Å². The van der Waals surface area contributed by atoms with E-state index < -0.39 is 29.1 Å². The number of methoxy groups -OCH3 is 1. The molecule has 0 spiro atoms. The first-order chi connectivity index (χ1) is 11.8. The van der Waals surface area contributed by atoms with E-state index in [2.05, 4.69) is 5.32 Å². The molecule has 2 N–H and O–H groups in total. The average molecular weight is 366 g/mol. The largest absolute Gasteiger partial charge is 0.495 e. The molecule has 134 valence electrons. The number of ether oxygens (including phenoxy) is 1. The highest BCUT2D eigenvalue weighted by molar-refractivity contribution is 8.00. The van der Waals surface area contributed by atoms with Gasteiger partial charge in [-0.15, -0.1) is 11.8 Å². The molecule has 0 aromatic heterocycles. The van der Waals surface area contributed by atoms with Crippen LogP contribution in [0.3, 0.4) is 0 Å². The molecule has 0 radical (unpaired) electrons. The summed E-state index contributed by atoms with van der Waals surface area (Å²) in [6, 6.07) is 5.55. The molecule has 0 bridgehead atoms. The molecular weight excluding hydrogens is 348 g/mol. The molecule has 3 amide bonds. The van der Waals surface area contributed by atoms with Crippen LogP contribution in [0.4, 0.5) is 5.69 Å². The number of nitrogens with one attached hydrogen (secondary N) is 1. The minimum absolute atomic E-state index is 0.0155. The Morgan fingerprint density at radius 2 is 2.08 bits per heavy atom. The summed E-state index contributed by atoms with van der Waals surface area (Å²) < 4.78 is 5.18. The Labute approximate surface area is 148 Å². The first-order valence-corrected chi connectivity index (χ1v) is 8.51. The van der Waals surface area contributed by atoms with Gasteiger partial charge in [0.15, 0.2) is 0 Å². The van der Waals surface area contributed by atoms with Gasteiger partial charge in [-0.3, -0.25) is 14.4 Å². The van der Waals surface area contributed by atoms with Gasteiger partial charge in [0.05, 0.1) is 18.0 Å². The lowest BCUT2D eigenvalue weighted by Crippen LogP contribution is -2.42. The lowest BCUT2D eigenvalue weighted by molar-refractivity contribution is -0.140. The topological polar surface area (TPSA) is 113 Å². The number of benzene rings is 1. The van der Waals surface area contributed by atoms with Crippen LogP contribution in [-0.4, -0.2) is 53.0 Å². The predicted octanol–water partition coefficient (Wildman–Crippen LogP) is 0.650. The lowest BCUT2D eigenvalue weighted by Gasteiger charge is -2.18. The van der Waals surface area contributed by atoms with Gasteiger partial charge >= 0.3 is 5.97 Å². The third-order valence-corrected chi connectivity index (χ3v) is 4.87. The van der Waals surface area contributed by atoms with Crippen molar-refractivity contribution < 1.29 is 29.0 Å². The lowest BCUT2D eigenvalue weighted by atomic mass is 10.2. The number of hydrogen-bond acceptors (Lipinski definition) is 6.